The Morgan fingerprint density at radius 1 is 1.23 bits per heavy atom. The number of rotatable bonds is 8. The summed E-state index contributed by atoms with van der Waals surface area (Å²) in [7, 11) is 1.58. The molecule has 0 bridgehead atoms. The van der Waals surface area contributed by atoms with Gasteiger partial charge in [0.2, 0.25) is 5.95 Å². The second kappa shape index (κ2) is 9.80. The first-order valence-electron chi connectivity index (χ1n) is 12.4. The molecule has 7 heteroatoms. The van der Waals surface area contributed by atoms with Gasteiger partial charge >= 0.3 is 5.97 Å². The number of hydrogen-bond donors (Lipinski definition) is 2. The van der Waals surface area contributed by atoms with Crippen LogP contribution in [0.4, 0.5) is 11.6 Å². The molecular formula is C28H37N3O4. The van der Waals surface area contributed by atoms with Crippen LogP contribution in [0.15, 0.2) is 36.4 Å². The highest BCUT2D eigenvalue weighted by molar-refractivity contribution is 5.84. The SMILES string of the molecule is COc1cc2c(cc1CC(=O)O)nc(Nc1ccc(OC(C)C)cc1)n2[C@H]1C[C@@H](C)CC(C)(C)C1. The zero-order valence-corrected chi connectivity index (χ0v) is 21.6. The van der Waals surface area contributed by atoms with Crippen molar-refractivity contribution in [2.45, 2.75) is 72.4 Å². The zero-order valence-electron chi connectivity index (χ0n) is 21.6. The van der Waals surface area contributed by atoms with Crippen LogP contribution >= 0.6 is 0 Å². The number of imidazole rings is 1. The second-order valence-electron chi connectivity index (χ2n) is 10.9. The molecule has 0 amide bonds. The van der Waals surface area contributed by atoms with Crippen molar-refractivity contribution in [3.8, 4) is 11.5 Å². The van der Waals surface area contributed by atoms with Gasteiger partial charge in [-0.15, -0.1) is 0 Å². The van der Waals surface area contributed by atoms with Gasteiger partial charge in [-0.3, -0.25) is 4.79 Å². The molecule has 7 nitrogen and oxygen atoms in total. The Morgan fingerprint density at radius 3 is 2.54 bits per heavy atom. The monoisotopic (exact) mass is 479 g/mol. The van der Waals surface area contributed by atoms with Crippen molar-refractivity contribution in [2.24, 2.45) is 11.3 Å². The van der Waals surface area contributed by atoms with Crippen LogP contribution in [0.25, 0.3) is 11.0 Å². The van der Waals surface area contributed by atoms with Crippen LogP contribution in [0.3, 0.4) is 0 Å². The topological polar surface area (TPSA) is 85.6 Å². The summed E-state index contributed by atoms with van der Waals surface area (Å²) in [6.45, 7) is 11.0. The number of methoxy groups -OCH3 is 1. The molecule has 1 aliphatic carbocycles. The molecule has 1 heterocycles. The molecular weight excluding hydrogens is 442 g/mol. The number of fused-ring (bicyclic) bond motifs is 1. The fourth-order valence-corrected chi connectivity index (χ4v) is 5.62. The zero-order chi connectivity index (χ0) is 25.3. The third-order valence-corrected chi connectivity index (χ3v) is 6.64. The molecule has 188 valence electrons. The number of carbonyl (C=O) groups is 1. The summed E-state index contributed by atoms with van der Waals surface area (Å²) in [4.78, 5) is 16.4. The number of ether oxygens (including phenoxy) is 2. The minimum absolute atomic E-state index is 0.112. The Kier molecular flexibility index (Phi) is 6.97. The predicted molar refractivity (Wildman–Crippen MR) is 139 cm³/mol. The Labute approximate surface area is 207 Å². The van der Waals surface area contributed by atoms with Crippen LogP contribution in [0, 0.1) is 11.3 Å². The van der Waals surface area contributed by atoms with E-state index in [1.54, 1.807) is 7.11 Å². The van der Waals surface area contributed by atoms with Crippen molar-refractivity contribution in [3.05, 3.63) is 42.0 Å². The van der Waals surface area contributed by atoms with E-state index in [1.807, 2.05) is 50.2 Å². The number of carboxylic acid groups (broad SMARTS) is 1. The summed E-state index contributed by atoms with van der Waals surface area (Å²) in [6, 6.07) is 11.9. The van der Waals surface area contributed by atoms with Crippen LogP contribution in [0.1, 0.15) is 65.5 Å². The molecule has 0 spiro atoms. The molecule has 0 aliphatic heterocycles. The molecule has 3 aromatic rings. The van der Waals surface area contributed by atoms with Gasteiger partial charge in [-0.05, 0) is 74.8 Å². The lowest BCUT2D eigenvalue weighted by Crippen LogP contribution is -2.29. The number of aliphatic carboxylic acids is 1. The lowest BCUT2D eigenvalue weighted by atomic mass is 9.70. The van der Waals surface area contributed by atoms with Gasteiger partial charge in [-0.2, -0.15) is 0 Å². The van der Waals surface area contributed by atoms with Crippen molar-refractivity contribution in [3.63, 3.8) is 0 Å². The van der Waals surface area contributed by atoms with Crippen LogP contribution < -0.4 is 14.8 Å². The molecule has 0 unspecified atom stereocenters. The number of aromatic nitrogens is 2. The van der Waals surface area contributed by atoms with Crippen molar-refractivity contribution < 1.29 is 19.4 Å². The molecule has 2 atom stereocenters. The fraction of sp³-hybridized carbons (Fsp3) is 0.500. The smallest absolute Gasteiger partial charge is 0.307 e. The fourth-order valence-electron chi connectivity index (χ4n) is 5.62. The quantitative estimate of drug-likeness (QED) is 0.379. The standard InChI is InChI=1S/C28H37N3O4/c1-17(2)35-22-9-7-20(8-10-22)29-27-30-23-12-19(13-26(32)33)25(34-6)14-24(23)31(27)21-11-18(3)15-28(4,5)16-21/h7-10,12,14,17-18,21H,11,13,15-16H2,1-6H3,(H,29,30)(H,32,33)/t18-,21+/m1/s1. The van der Waals surface area contributed by atoms with E-state index < -0.39 is 5.97 Å². The second-order valence-corrected chi connectivity index (χ2v) is 10.9. The average molecular weight is 480 g/mol. The van der Waals surface area contributed by atoms with E-state index >= 15 is 0 Å². The average Bonchev–Trinajstić information content (AvgIpc) is 3.08. The number of benzene rings is 2. The van der Waals surface area contributed by atoms with Crippen molar-refractivity contribution in [1.82, 2.24) is 9.55 Å². The van der Waals surface area contributed by atoms with Gasteiger partial charge in [0.1, 0.15) is 11.5 Å². The molecule has 0 radical (unpaired) electrons. The predicted octanol–water partition coefficient (Wildman–Crippen LogP) is 6.59. The van der Waals surface area contributed by atoms with Crippen molar-refractivity contribution in [2.75, 3.05) is 12.4 Å². The van der Waals surface area contributed by atoms with Gasteiger partial charge in [0.05, 0.1) is 30.7 Å². The van der Waals surface area contributed by atoms with E-state index in [-0.39, 0.29) is 24.0 Å². The van der Waals surface area contributed by atoms with Gasteiger partial charge in [-0.25, -0.2) is 4.98 Å². The van der Waals surface area contributed by atoms with E-state index in [1.165, 1.54) is 6.42 Å². The minimum Gasteiger partial charge on any atom is -0.496 e. The lowest BCUT2D eigenvalue weighted by Gasteiger charge is -2.40. The van der Waals surface area contributed by atoms with E-state index in [4.69, 9.17) is 14.5 Å². The summed E-state index contributed by atoms with van der Waals surface area (Å²) in [5, 5.41) is 12.9. The van der Waals surface area contributed by atoms with Gasteiger partial charge in [0.15, 0.2) is 0 Å². The first kappa shape index (κ1) is 24.9. The third-order valence-electron chi connectivity index (χ3n) is 6.64. The molecule has 1 fully saturated rings. The maximum atomic E-state index is 11.4. The van der Waals surface area contributed by atoms with Crippen LogP contribution in [-0.4, -0.2) is 33.8 Å². The normalized spacial score (nSPS) is 19.6. The maximum absolute atomic E-state index is 11.4. The summed E-state index contributed by atoms with van der Waals surface area (Å²) in [6.07, 6.45) is 3.30. The molecule has 35 heavy (non-hydrogen) atoms. The summed E-state index contributed by atoms with van der Waals surface area (Å²) in [5.41, 5.74) is 3.47. The summed E-state index contributed by atoms with van der Waals surface area (Å²) in [5.74, 6) is 1.85. The van der Waals surface area contributed by atoms with E-state index in [2.05, 4.69) is 30.7 Å². The van der Waals surface area contributed by atoms with Crippen LogP contribution in [0.5, 0.6) is 11.5 Å². The molecule has 2 aromatic carbocycles. The number of anilines is 2. The Bertz CT molecular complexity index is 1200. The number of carboxylic acids is 1. The maximum Gasteiger partial charge on any atom is 0.307 e. The van der Waals surface area contributed by atoms with Crippen molar-refractivity contribution in [1.29, 1.82) is 0 Å². The number of hydrogen-bond acceptors (Lipinski definition) is 5. The van der Waals surface area contributed by atoms with Crippen LogP contribution in [0.2, 0.25) is 0 Å². The molecule has 1 aliphatic rings. The molecule has 0 saturated heterocycles. The number of nitrogens with one attached hydrogen (secondary N) is 1. The van der Waals surface area contributed by atoms with E-state index in [9.17, 15) is 9.90 Å². The van der Waals surface area contributed by atoms with E-state index in [0.29, 0.717) is 17.2 Å². The lowest BCUT2D eigenvalue weighted by molar-refractivity contribution is -0.136. The van der Waals surface area contributed by atoms with Crippen molar-refractivity contribution >= 4 is 28.6 Å². The highest BCUT2D eigenvalue weighted by Crippen LogP contribution is 2.46. The largest absolute Gasteiger partial charge is 0.496 e. The van der Waals surface area contributed by atoms with Crippen LogP contribution in [-0.2, 0) is 11.2 Å². The number of nitrogens with zero attached hydrogens (tertiary/aromatic N) is 2. The molecule has 4 rings (SSSR count). The first-order valence-corrected chi connectivity index (χ1v) is 12.4. The molecule has 1 aromatic heterocycles. The molecule has 2 N–H and O–H groups in total. The van der Waals surface area contributed by atoms with Gasteiger partial charge < -0.3 is 24.5 Å². The Morgan fingerprint density at radius 2 is 1.94 bits per heavy atom. The van der Waals surface area contributed by atoms with Gasteiger partial charge in [0.25, 0.3) is 0 Å². The summed E-state index contributed by atoms with van der Waals surface area (Å²) >= 11 is 0. The van der Waals surface area contributed by atoms with E-state index in [0.717, 1.165) is 41.3 Å². The highest BCUT2D eigenvalue weighted by Gasteiger charge is 2.35. The Balaban J connectivity index is 1.80. The molecule has 1 saturated carbocycles. The highest BCUT2D eigenvalue weighted by atomic mass is 16.5. The Hall–Kier alpha value is -3.22. The minimum atomic E-state index is -0.896. The summed E-state index contributed by atoms with van der Waals surface area (Å²) < 4.78 is 13.7. The first-order chi connectivity index (χ1) is 16.5. The van der Waals surface area contributed by atoms with Gasteiger partial charge in [-0.1, -0.05) is 20.8 Å². The van der Waals surface area contributed by atoms with Gasteiger partial charge in [0, 0.05) is 23.4 Å². The third kappa shape index (κ3) is 5.72.